The van der Waals surface area contributed by atoms with E-state index in [1.807, 2.05) is 36.4 Å². The Morgan fingerprint density at radius 1 is 0.964 bits per heavy atom. The lowest BCUT2D eigenvalue weighted by molar-refractivity contribution is -0.384. The highest BCUT2D eigenvalue weighted by atomic mass is 16.6. The van der Waals surface area contributed by atoms with E-state index in [0.717, 1.165) is 5.56 Å². The van der Waals surface area contributed by atoms with Crippen LogP contribution in [0.3, 0.4) is 0 Å². The maximum Gasteiger partial charge on any atom is 0.269 e. The summed E-state index contributed by atoms with van der Waals surface area (Å²) in [4.78, 5) is 28.3. The van der Waals surface area contributed by atoms with Gasteiger partial charge in [-0.25, -0.2) is 0 Å². The molecule has 6 nitrogen and oxygen atoms in total. The van der Waals surface area contributed by atoms with Crippen molar-refractivity contribution in [3.63, 3.8) is 0 Å². The van der Waals surface area contributed by atoms with Gasteiger partial charge in [-0.15, -0.1) is 0 Å². The Labute approximate surface area is 161 Å². The van der Waals surface area contributed by atoms with Crippen molar-refractivity contribution in [2.24, 2.45) is 4.99 Å². The van der Waals surface area contributed by atoms with Crippen LogP contribution in [0.1, 0.15) is 27.4 Å². The van der Waals surface area contributed by atoms with Gasteiger partial charge in [0.15, 0.2) is 5.78 Å². The summed E-state index contributed by atoms with van der Waals surface area (Å²) in [6, 6.07) is 20.7. The van der Waals surface area contributed by atoms with Gasteiger partial charge in [0.2, 0.25) is 0 Å². The molecule has 0 radical (unpaired) electrons. The largest absolute Gasteiger partial charge is 0.497 e. The van der Waals surface area contributed by atoms with Crippen molar-refractivity contribution in [3.8, 4) is 5.75 Å². The average molecular weight is 372 g/mol. The molecule has 0 bridgehead atoms. The molecule has 0 aliphatic heterocycles. The van der Waals surface area contributed by atoms with Gasteiger partial charge >= 0.3 is 0 Å². The van der Waals surface area contributed by atoms with E-state index in [4.69, 9.17) is 9.73 Å². The first-order valence-electron chi connectivity index (χ1n) is 8.69. The normalized spacial score (nSPS) is 16.8. The predicted molar refractivity (Wildman–Crippen MR) is 106 cm³/mol. The minimum atomic E-state index is -0.607. The molecule has 1 aliphatic rings. The second kappa shape index (κ2) is 7.08. The first kappa shape index (κ1) is 17.6. The van der Waals surface area contributed by atoms with Crippen molar-refractivity contribution in [3.05, 3.63) is 99.6 Å². The summed E-state index contributed by atoms with van der Waals surface area (Å²) < 4.78 is 5.26. The second-order valence-electron chi connectivity index (χ2n) is 6.39. The van der Waals surface area contributed by atoms with Gasteiger partial charge in [-0.05, 0) is 17.7 Å². The SMILES string of the molecule is COc1cccc(N=C2c3ccccc3C(=O)C2c2ccc([N+](=O)[O-])cc2)c1. The molecule has 28 heavy (non-hydrogen) atoms. The zero-order valence-corrected chi connectivity index (χ0v) is 15.0. The molecule has 6 heteroatoms. The summed E-state index contributed by atoms with van der Waals surface area (Å²) in [7, 11) is 1.58. The molecule has 1 aliphatic carbocycles. The zero-order chi connectivity index (χ0) is 19.7. The molecule has 3 aromatic carbocycles. The van der Waals surface area contributed by atoms with Gasteiger partial charge in [0, 0.05) is 29.3 Å². The van der Waals surface area contributed by atoms with Crippen LogP contribution in [0.15, 0.2) is 77.8 Å². The molecule has 0 N–H and O–H groups in total. The van der Waals surface area contributed by atoms with E-state index in [1.54, 1.807) is 31.4 Å². The number of methoxy groups -OCH3 is 1. The summed E-state index contributed by atoms with van der Waals surface area (Å²) in [6.45, 7) is 0. The summed E-state index contributed by atoms with van der Waals surface area (Å²) >= 11 is 0. The number of fused-ring (bicyclic) bond motifs is 1. The fourth-order valence-corrected chi connectivity index (χ4v) is 3.40. The number of hydrogen-bond acceptors (Lipinski definition) is 5. The highest BCUT2D eigenvalue weighted by molar-refractivity contribution is 6.32. The van der Waals surface area contributed by atoms with Crippen LogP contribution >= 0.6 is 0 Å². The van der Waals surface area contributed by atoms with Gasteiger partial charge in [-0.2, -0.15) is 0 Å². The Hall–Kier alpha value is -3.80. The van der Waals surface area contributed by atoms with Crippen LogP contribution in [0.5, 0.6) is 5.75 Å². The van der Waals surface area contributed by atoms with Gasteiger partial charge in [0.25, 0.3) is 5.69 Å². The Bertz CT molecular complexity index is 1100. The molecule has 3 aromatic rings. The third-order valence-corrected chi connectivity index (χ3v) is 4.74. The number of non-ortho nitro benzene ring substituents is 1. The van der Waals surface area contributed by atoms with E-state index < -0.39 is 10.8 Å². The predicted octanol–water partition coefficient (Wildman–Crippen LogP) is 4.70. The summed E-state index contributed by atoms with van der Waals surface area (Å²) in [5, 5.41) is 10.9. The molecule has 1 unspecified atom stereocenters. The number of nitrogens with zero attached hydrogens (tertiary/aromatic N) is 2. The molecule has 0 fully saturated rings. The Kier molecular flexibility index (Phi) is 4.45. The molecule has 0 spiro atoms. The molecule has 0 saturated heterocycles. The number of benzene rings is 3. The van der Waals surface area contributed by atoms with Crippen LogP contribution in [0.4, 0.5) is 11.4 Å². The number of ether oxygens (including phenoxy) is 1. The maximum atomic E-state index is 13.1. The standard InChI is InChI=1S/C22H16N2O4/c1-28-17-6-4-5-15(13-17)23-21-18-7-2-3-8-19(18)22(25)20(21)14-9-11-16(12-10-14)24(26)27/h2-13,20H,1H3. The summed E-state index contributed by atoms with van der Waals surface area (Å²) in [6.07, 6.45) is 0. The molecule has 0 amide bonds. The number of nitro benzene ring substituents is 1. The van der Waals surface area contributed by atoms with E-state index in [2.05, 4.69) is 0 Å². The Morgan fingerprint density at radius 3 is 2.36 bits per heavy atom. The maximum absolute atomic E-state index is 13.1. The molecule has 138 valence electrons. The molecular weight excluding hydrogens is 356 g/mol. The molecule has 0 heterocycles. The minimum Gasteiger partial charge on any atom is -0.497 e. The van der Waals surface area contributed by atoms with Crippen LogP contribution in [-0.2, 0) is 0 Å². The van der Waals surface area contributed by atoms with Crippen molar-refractivity contribution in [2.75, 3.05) is 7.11 Å². The van der Waals surface area contributed by atoms with E-state index >= 15 is 0 Å². The van der Waals surface area contributed by atoms with Crippen LogP contribution in [0.2, 0.25) is 0 Å². The number of ketones is 1. The number of Topliss-reactive ketones (excluding diaryl/α,β-unsaturated/α-hetero) is 1. The highest BCUT2D eigenvalue weighted by Crippen LogP contribution is 2.37. The average Bonchev–Trinajstić information content (AvgIpc) is 3.00. The quantitative estimate of drug-likeness (QED) is 0.491. The molecule has 1 atom stereocenters. The first-order chi connectivity index (χ1) is 13.6. The number of rotatable bonds is 4. The molecule has 0 aromatic heterocycles. The number of aliphatic imine (C=N–C) groups is 1. The van der Waals surface area contributed by atoms with Crippen molar-refractivity contribution in [1.82, 2.24) is 0 Å². The van der Waals surface area contributed by atoms with Gasteiger partial charge in [0.1, 0.15) is 5.75 Å². The van der Waals surface area contributed by atoms with Crippen molar-refractivity contribution in [2.45, 2.75) is 5.92 Å². The third kappa shape index (κ3) is 3.05. The fraction of sp³-hybridized carbons (Fsp3) is 0.0909. The number of carbonyl (C=O) groups excluding carboxylic acids is 1. The van der Waals surface area contributed by atoms with E-state index in [9.17, 15) is 14.9 Å². The lowest BCUT2D eigenvalue weighted by atomic mass is 9.93. The van der Waals surface area contributed by atoms with Crippen LogP contribution in [-0.4, -0.2) is 23.5 Å². The summed E-state index contributed by atoms with van der Waals surface area (Å²) in [5.41, 5.74) is 3.34. The molecular formula is C22H16N2O4. The topological polar surface area (TPSA) is 81.8 Å². The Morgan fingerprint density at radius 2 is 1.68 bits per heavy atom. The monoisotopic (exact) mass is 372 g/mol. The number of nitro groups is 1. The van der Waals surface area contributed by atoms with Crippen molar-refractivity contribution < 1.29 is 14.5 Å². The smallest absolute Gasteiger partial charge is 0.269 e. The van der Waals surface area contributed by atoms with E-state index in [0.29, 0.717) is 28.3 Å². The Balaban J connectivity index is 1.85. The second-order valence-corrected chi connectivity index (χ2v) is 6.39. The lowest BCUT2D eigenvalue weighted by Gasteiger charge is -2.11. The summed E-state index contributed by atoms with van der Waals surface area (Å²) in [5.74, 6) is 0.00171. The van der Waals surface area contributed by atoms with E-state index in [-0.39, 0.29) is 11.5 Å². The number of carbonyl (C=O) groups is 1. The molecule has 4 rings (SSSR count). The highest BCUT2D eigenvalue weighted by Gasteiger charge is 2.37. The van der Waals surface area contributed by atoms with Gasteiger partial charge in [-0.1, -0.05) is 42.5 Å². The molecule has 0 saturated carbocycles. The van der Waals surface area contributed by atoms with Crippen LogP contribution in [0, 0.1) is 10.1 Å². The van der Waals surface area contributed by atoms with Crippen LogP contribution in [0.25, 0.3) is 0 Å². The van der Waals surface area contributed by atoms with Crippen LogP contribution < -0.4 is 4.74 Å². The third-order valence-electron chi connectivity index (χ3n) is 4.74. The van der Waals surface area contributed by atoms with Crippen molar-refractivity contribution >= 4 is 22.9 Å². The van der Waals surface area contributed by atoms with Gasteiger partial charge < -0.3 is 4.74 Å². The zero-order valence-electron chi connectivity index (χ0n) is 15.0. The number of hydrogen-bond donors (Lipinski definition) is 0. The van der Waals surface area contributed by atoms with Crippen molar-refractivity contribution in [1.29, 1.82) is 0 Å². The van der Waals surface area contributed by atoms with Gasteiger partial charge in [-0.3, -0.25) is 19.9 Å². The van der Waals surface area contributed by atoms with E-state index in [1.165, 1.54) is 12.1 Å². The minimum absolute atomic E-state index is 0.0157. The first-order valence-corrected chi connectivity index (χ1v) is 8.69. The van der Waals surface area contributed by atoms with Gasteiger partial charge in [0.05, 0.1) is 29.4 Å². The fourth-order valence-electron chi connectivity index (χ4n) is 3.40. The lowest BCUT2D eigenvalue weighted by Crippen LogP contribution is -2.13.